The summed E-state index contributed by atoms with van der Waals surface area (Å²) in [5.74, 6) is -1.32. The SMILES string of the molecule is O=C(Nc1nnc(C2(c3cccc(C(F)(F)F)c3)CCC2)s1)c1ccccc1F. The molecular formula is C20H15F4N3OS. The van der Waals surface area contributed by atoms with Crippen LogP contribution in [0, 0.1) is 5.82 Å². The summed E-state index contributed by atoms with van der Waals surface area (Å²) >= 11 is 1.09. The smallest absolute Gasteiger partial charge is 0.296 e. The predicted octanol–water partition coefficient (Wildman–Crippen LogP) is 5.42. The maximum atomic E-state index is 13.8. The molecule has 0 aliphatic heterocycles. The zero-order valence-electron chi connectivity index (χ0n) is 15.0. The van der Waals surface area contributed by atoms with E-state index in [1.54, 1.807) is 12.1 Å². The van der Waals surface area contributed by atoms with E-state index in [1.807, 2.05) is 0 Å². The molecule has 1 aliphatic carbocycles. The third-order valence-electron chi connectivity index (χ3n) is 5.12. The molecule has 0 unspecified atom stereocenters. The van der Waals surface area contributed by atoms with Crippen molar-refractivity contribution < 1.29 is 22.4 Å². The Balaban J connectivity index is 1.61. The minimum Gasteiger partial charge on any atom is -0.296 e. The van der Waals surface area contributed by atoms with Crippen molar-refractivity contribution in [2.24, 2.45) is 0 Å². The fraction of sp³-hybridized carbons (Fsp3) is 0.250. The van der Waals surface area contributed by atoms with Gasteiger partial charge in [-0.2, -0.15) is 13.2 Å². The van der Waals surface area contributed by atoms with Gasteiger partial charge in [0.15, 0.2) is 0 Å². The van der Waals surface area contributed by atoms with E-state index in [1.165, 1.54) is 24.3 Å². The summed E-state index contributed by atoms with van der Waals surface area (Å²) in [5, 5.41) is 11.3. The largest absolute Gasteiger partial charge is 0.416 e. The normalized spacial score (nSPS) is 15.6. The first-order chi connectivity index (χ1) is 13.8. The lowest BCUT2D eigenvalue weighted by atomic mass is 9.64. The van der Waals surface area contributed by atoms with Gasteiger partial charge in [0.1, 0.15) is 10.8 Å². The van der Waals surface area contributed by atoms with Gasteiger partial charge in [-0.3, -0.25) is 10.1 Å². The summed E-state index contributed by atoms with van der Waals surface area (Å²) in [6.45, 7) is 0. The molecule has 150 valence electrons. The minimum absolute atomic E-state index is 0.125. The van der Waals surface area contributed by atoms with Crippen molar-refractivity contribution in [3.63, 3.8) is 0 Å². The lowest BCUT2D eigenvalue weighted by Gasteiger charge is -2.40. The Morgan fingerprint density at radius 3 is 2.48 bits per heavy atom. The summed E-state index contributed by atoms with van der Waals surface area (Å²) < 4.78 is 53.1. The van der Waals surface area contributed by atoms with E-state index in [4.69, 9.17) is 0 Å². The molecular weight excluding hydrogens is 406 g/mol. The molecule has 2 aromatic carbocycles. The monoisotopic (exact) mass is 421 g/mol. The second kappa shape index (κ2) is 7.22. The summed E-state index contributed by atoms with van der Waals surface area (Å²) in [6.07, 6.45) is -2.29. The van der Waals surface area contributed by atoms with E-state index >= 15 is 0 Å². The van der Waals surface area contributed by atoms with Gasteiger partial charge in [-0.05, 0) is 36.6 Å². The molecule has 4 nitrogen and oxygen atoms in total. The van der Waals surface area contributed by atoms with Crippen molar-refractivity contribution in [1.82, 2.24) is 10.2 Å². The molecule has 0 atom stereocenters. The molecule has 1 heterocycles. The highest BCUT2D eigenvalue weighted by molar-refractivity contribution is 7.15. The maximum absolute atomic E-state index is 13.8. The van der Waals surface area contributed by atoms with E-state index in [0.29, 0.717) is 23.4 Å². The third kappa shape index (κ3) is 3.62. The van der Waals surface area contributed by atoms with Gasteiger partial charge in [0, 0.05) is 5.41 Å². The molecule has 0 saturated heterocycles. The molecule has 3 aromatic rings. The van der Waals surface area contributed by atoms with Crippen molar-refractivity contribution in [2.75, 3.05) is 5.32 Å². The van der Waals surface area contributed by atoms with Crippen molar-refractivity contribution in [1.29, 1.82) is 0 Å². The number of aromatic nitrogens is 2. The van der Waals surface area contributed by atoms with Crippen LogP contribution in [0.4, 0.5) is 22.7 Å². The van der Waals surface area contributed by atoms with Gasteiger partial charge in [-0.15, -0.1) is 10.2 Å². The molecule has 9 heteroatoms. The predicted molar refractivity (Wildman–Crippen MR) is 100 cm³/mol. The second-order valence-electron chi connectivity index (χ2n) is 6.86. The van der Waals surface area contributed by atoms with Crippen molar-refractivity contribution >= 4 is 22.4 Å². The quantitative estimate of drug-likeness (QED) is 0.573. The highest BCUT2D eigenvalue weighted by Crippen LogP contribution is 2.51. The first kappa shape index (κ1) is 19.5. The summed E-state index contributed by atoms with van der Waals surface area (Å²) in [6, 6.07) is 10.8. The number of benzene rings is 2. The van der Waals surface area contributed by atoms with Crippen LogP contribution in [-0.2, 0) is 11.6 Å². The average Bonchev–Trinajstić information content (AvgIpc) is 3.09. The Morgan fingerprint density at radius 1 is 1.07 bits per heavy atom. The van der Waals surface area contributed by atoms with Crippen molar-refractivity contribution in [3.05, 3.63) is 76.0 Å². The van der Waals surface area contributed by atoms with Gasteiger partial charge in [0.25, 0.3) is 5.91 Å². The molecule has 1 saturated carbocycles. The number of hydrogen-bond donors (Lipinski definition) is 1. The minimum atomic E-state index is -4.43. The number of halogens is 4. The number of hydrogen-bond acceptors (Lipinski definition) is 4. The van der Waals surface area contributed by atoms with Gasteiger partial charge >= 0.3 is 6.18 Å². The summed E-state index contributed by atoms with van der Waals surface area (Å²) in [5.41, 5.74) is -0.957. The summed E-state index contributed by atoms with van der Waals surface area (Å²) in [4.78, 5) is 12.3. The van der Waals surface area contributed by atoms with Crippen LogP contribution in [-0.4, -0.2) is 16.1 Å². The molecule has 1 N–H and O–H groups in total. The molecule has 1 aromatic heterocycles. The first-order valence-electron chi connectivity index (χ1n) is 8.87. The number of rotatable bonds is 4. The number of carbonyl (C=O) groups excluding carboxylic acids is 1. The Morgan fingerprint density at radius 2 is 1.83 bits per heavy atom. The molecule has 0 radical (unpaired) electrons. The van der Waals surface area contributed by atoms with Crippen LogP contribution in [0.5, 0.6) is 0 Å². The topological polar surface area (TPSA) is 54.9 Å². The fourth-order valence-electron chi connectivity index (χ4n) is 3.43. The van der Waals surface area contributed by atoms with Gasteiger partial charge < -0.3 is 0 Å². The number of nitrogens with zero attached hydrogens (tertiary/aromatic N) is 2. The van der Waals surface area contributed by atoms with E-state index < -0.39 is 28.9 Å². The number of alkyl halides is 3. The standard InChI is InChI=1S/C20H15F4N3OS/c21-15-8-2-1-7-14(15)16(28)25-18-27-26-17(29-18)19(9-4-10-19)12-5-3-6-13(11-12)20(22,23)24/h1-3,5-8,11H,4,9-10H2,(H,25,27,28). The van der Waals surface area contributed by atoms with Crippen LogP contribution in [0.1, 0.15) is 45.8 Å². The molecule has 1 amide bonds. The molecule has 1 fully saturated rings. The zero-order valence-corrected chi connectivity index (χ0v) is 15.8. The maximum Gasteiger partial charge on any atom is 0.416 e. The highest BCUT2D eigenvalue weighted by atomic mass is 32.1. The van der Waals surface area contributed by atoms with Crippen LogP contribution >= 0.6 is 11.3 Å². The number of anilines is 1. The Bertz CT molecular complexity index is 1060. The van der Waals surface area contributed by atoms with Crippen LogP contribution < -0.4 is 5.32 Å². The first-order valence-corrected chi connectivity index (χ1v) is 9.69. The van der Waals surface area contributed by atoms with Gasteiger partial charge in [0.2, 0.25) is 5.13 Å². The van der Waals surface area contributed by atoms with E-state index in [0.717, 1.165) is 29.9 Å². The van der Waals surface area contributed by atoms with Gasteiger partial charge in [0.05, 0.1) is 11.1 Å². The molecule has 0 bridgehead atoms. The lowest BCUT2D eigenvalue weighted by molar-refractivity contribution is -0.137. The van der Waals surface area contributed by atoms with E-state index in [-0.39, 0.29) is 10.7 Å². The van der Waals surface area contributed by atoms with E-state index in [2.05, 4.69) is 15.5 Å². The number of amides is 1. The molecule has 1 aliphatic rings. The summed E-state index contributed by atoms with van der Waals surface area (Å²) in [7, 11) is 0. The van der Waals surface area contributed by atoms with Crippen molar-refractivity contribution in [3.8, 4) is 0 Å². The second-order valence-corrected chi connectivity index (χ2v) is 7.84. The number of carbonyl (C=O) groups is 1. The van der Waals surface area contributed by atoms with Crippen LogP contribution in [0.3, 0.4) is 0 Å². The average molecular weight is 421 g/mol. The highest BCUT2D eigenvalue weighted by Gasteiger charge is 2.44. The Labute approximate surface area is 167 Å². The molecule has 29 heavy (non-hydrogen) atoms. The third-order valence-corrected chi connectivity index (χ3v) is 6.17. The fourth-order valence-corrected chi connectivity index (χ4v) is 4.43. The lowest BCUT2D eigenvalue weighted by Crippen LogP contribution is -2.35. The van der Waals surface area contributed by atoms with E-state index in [9.17, 15) is 22.4 Å². The Kier molecular flexibility index (Phi) is 4.85. The van der Waals surface area contributed by atoms with Crippen LogP contribution in [0.15, 0.2) is 48.5 Å². The van der Waals surface area contributed by atoms with Crippen molar-refractivity contribution in [2.45, 2.75) is 30.9 Å². The van der Waals surface area contributed by atoms with Gasteiger partial charge in [-0.25, -0.2) is 4.39 Å². The van der Waals surface area contributed by atoms with Crippen LogP contribution in [0.25, 0.3) is 0 Å². The number of nitrogens with one attached hydrogen (secondary N) is 1. The zero-order chi connectivity index (χ0) is 20.6. The molecule has 4 rings (SSSR count). The van der Waals surface area contributed by atoms with Crippen LogP contribution in [0.2, 0.25) is 0 Å². The Hall–Kier alpha value is -2.81. The van der Waals surface area contributed by atoms with Gasteiger partial charge in [-0.1, -0.05) is 48.1 Å². The molecule has 0 spiro atoms.